The molecule has 6 nitrogen and oxygen atoms in total. The topological polar surface area (TPSA) is 93.9 Å². The largest absolute Gasteiger partial charge is 0.497 e. The Bertz CT molecular complexity index is 1170. The number of hydrogen-bond donors (Lipinski definition) is 2. The molecule has 3 heterocycles. The molecular weight excluding hydrogens is 360 g/mol. The summed E-state index contributed by atoms with van der Waals surface area (Å²) in [6.45, 7) is 0. The molecule has 5 rings (SSSR count). The molecule has 0 unspecified atom stereocenters. The van der Waals surface area contributed by atoms with Gasteiger partial charge in [-0.1, -0.05) is 0 Å². The van der Waals surface area contributed by atoms with Crippen molar-refractivity contribution >= 4 is 22.9 Å². The van der Waals surface area contributed by atoms with Gasteiger partial charge in [0.2, 0.25) is 5.78 Å². The number of ether oxygens (including phenoxy) is 1. The number of fused-ring (bicyclic) bond motifs is 3. The molecule has 0 fully saturated rings. The van der Waals surface area contributed by atoms with Crippen LogP contribution < -0.4 is 10.5 Å². The fourth-order valence-electron chi connectivity index (χ4n) is 3.27. The Hall–Kier alpha value is -3.45. The summed E-state index contributed by atoms with van der Waals surface area (Å²) in [5, 5.41) is 7.44. The second-order valence-electron chi connectivity index (χ2n) is 6.21. The Morgan fingerprint density at radius 2 is 1.89 bits per heavy atom. The highest BCUT2D eigenvalue weighted by atomic mass is 32.1. The summed E-state index contributed by atoms with van der Waals surface area (Å²) in [5.74, 6) is 1.23. The van der Waals surface area contributed by atoms with Crippen LogP contribution in [0.15, 0.2) is 48.7 Å². The van der Waals surface area contributed by atoms with Crippen LogP contribution in [0.5, 0.6) is 5.75 Å². The molecule has 0 atom stereocenters. The minimum Gasteiger partial charge on any atom is -0.497 e. The van der Waals surface area contributed by atoms with Gasteiger partial charge in [-0.05, 0) is 42.5 Å². The Balaban J connectivity index is 1.58. The second-order valence-corrected chi connectivity index (χ2v) is 7.26. The summed E-state index contributed by atoms with van der Waals surface area (Å²) >= 11 is 1.46. The average Bonchev–Trinajstić information content (AvgIpc) is 3.37. The Kier molecular flexibility index (Phi) is 3.38. The Labute approximate surface area is 158 Å². The van der Waals surface area contributed by atoms with Crippen LogP contribution in [0.4, 0.5) is 5.82 Å². The summed E-state index contributed by atoms with van der Waals surface area (Å²) < 4.78 is 5.19. The van der Waals surface area contributed by atoms with E-state index in [0.29, 0.717) is 17.1 Å². The van der Waals surface area contributed by atoms with Crippen molar-refractivity contribution in [2.24, 2.45) is 0 Å². The second kappa shape index (κ2) is 5.78. The van der Waals surface area contributed by atoms with Crippen molar-refractivity contribution in [3.8, 4) is 38.7 Å². The number of aromatic nitrogens is 3. The summed E-state index contributed by atoms with van der Waals surface area (Å²) in [7, 11) is 1.62. The number of carbonyl (C=O) groups excluding carboxylic acids is 1. The van der Waals surface area contributed by atoms with E-state index < -0.39 is 0 Å². The molecule has 1 aliphatic rings. The molecule has 0 amide bonds. The van der Waals surface area contributed by atoms with Crippen molar-refractivity contribution in [1.82, 2.24) is 15.2 Å². The van der Waals surface area contributed by atoms with Crippen LogP contribution in [0.3, 0.4) is 0 Å². The highest BCUT2D eigenvalue weighted by Crippen LogP contribution is 2.46. The van der Waals surface area contributed by atoms with E-state index in [1.54, 1.807) is 19.4 Å². The van der Waals surface area contributed by atoms with E-state index in [1.165, 1.54) is 11.3 Å². The van der Waals surface area contributed by atoms with Crippen LogP contribution in [0.1, 0.15) is 15.2 Å². The first kappa shape index (κ1) is 15.8. The minimum absolute atomic E-state index is 0.000720. The van der Waals surface area contributed by atoms with Crippen molar-refractivity contribution in [3.63, 3.8) is 0 Å². The molecule has 0 radical (unpaired) electrons. The predicted molar refractivity (Wildman–Crippen MR) is 105 cm³/mol. The van der Waals surface area contributed by atoms with E-state index in [-0.39, 0.29) is 5.78 Å². The molecule has 0 spiro atoms. The van der Waals surface area contributed by atoms with E-state index in [9.17, 15) is 4.79 Å². The zero-order valence-corrected chi connectivity index (χ0v) is 15.1. The number of pyridine rings is 1. The van der Waals surface area contributed by atoms with Gasteiger partial charge in [-0.25, -0.2) is 4.98 Å². The Morgan fingerprint density at radius 1 is 1.11 bits per heavy atom. The number of benzene rings is 1. The molecule has 3 N–H and O–H groups in total. The first-order chi connectivity index (χ1) is 13.2. The smallest absolute Gasteiger partial charge is 0.208 e. The van der Waals surface area contributed by atoms with Gasteiger partial charge >= 0.3 is 0 Å². The number of nitrogen functional groups attached to an aromatic ring is 1. The van der Waals surface area contributed by atoms with E-state index in [4.69, 9.17) is 10.5 Å². The number of carbonyl (C=O) groups is 1. The number of H-pyrrole nitrogens is 1. The van der Waals surface area contributed by atoms with Crippen LogP contribution in [-0.4, -0.2) is 28.1 Å². The normalized spacial score (nSPS) is 12.1. The zero-order valence-electron chi connectivity index (χ0n) is 14.3. The molecule has 0 saturated carbocycles. The van der Waals surface area contributed by atoms with E-state index >= 15 is 0 Å². The highest BCUT2D eigenvalue weighted by Gasteiger charge is 2.35. The van der Waals surface area contributed by atoms with Crippen molar-refractivity contribution in [1.29, 1.82) is 0 Å². The number of methoxy groups -OCH3 is 1. The van der Waals surface area contributed by atoms with Gasteiger partial charge in [-0.3, -0.25) is 9.89 Å². The maximum absolute atomic E-state index is 13.1. The maximum atomic E-state index is 13.1. The molecule has 4 aromatic rings. The number of thiophene rings is 1. The molecule has 1 aliphatic carbocycles. The van der Waals surface area contributed by atoms with Crippen LogP contribution in [-0.2, 0) is 0 Å². The summed E-state index contributed by atoms with van der Waals surface area (Å²) in [6.07, 6.45) is 1.72. The first-order valence-electron chi connectivity index (χ1n) is 8.29. The van der Waals surface area contributed by atoms with Crippen LogP contribution in [0.2, 0.25) is 0 Å². The number of nitrogens with one attached hydrogen (secondary N) is 1. The third kappa shape index (κ3) is 2.36. The molecule has 0 aliphatic heterocycles. The van der Waals surface area contributed by atoms with Crippen molar-refractivity contribution in [2.45, 2.75) is 0 Å². The van der Waals surface area contributed by atoms with Gasteiger partial charge < -0.3 is 10.5 Å². The monoisotopic (exact) mass is 374 g/mol. The van der Waals surface area contributed by atoms with Gasteiger partial charge in [0.1, 0.15) is 17.3 Å². The molecule has 1 aromatic carbocycles. The predicted octanol–water partition coefficient (Wildman–Crippen LogP) is 4.00. The molecule has 7 heteroatoms. The van der Waals surface area contributed by atoms with E-state index in [1.807, 2.05) is 36.4 Å². The maximum Gasteiger partial charge on any atom is 0.208 e. The van der Waals surface area contributed by atoms with Crippen molar-refractivity contribution in [3.05, 3.63) is 59.1 Å². The third-order valence-corrected chi connectivity index (χ3v) is 5.82. The molecule has 0 bridgehead atoms. The zero-order chi connectivity index (χ0) is 18.5. The lowest BCUT2D eigenvalue weighted by molar-refractivity contribution is 0.104. The Morgan fingerprint density at radius 3 is 2.59 bits per heavy atom. The number of rotatable bonds is 3. The van der Waals surface area contributed by atoms with E-state index in [2.05, 4.69) is 15.2 Å². The lowest BCUT2D eigenvalue weighted by Gasteiger charge is -2.02. The number of nitrogens with zero attached hydrogens (tertiary/aromatic N) is 2. The van der Waals surface area contributed by atoms with Gasteiger partial charge in [0, 0.05) is 27.8 Å². The highest BCUT2D eigenvalue weighted by molar-refractivity contribution is 7.18. The molecule has 0 saturated heterocycles. The summed E-state index contributed by atoms with van der Waals surface area (Å²) in [5.41, 5.74) is 10.4. The lowest BCUT2D eigenvalue weighted by Crippen LogP contribution is -1.95. The number of anilines is 1. The van der Waals surface area contributed by atoms with Gasteiger partial charge in [-0.15, -0.1) is 11.3 Å². The molecule has 27 heavy (non-hydrogen) atoms. The third-order valence-electron chi connectivity index (χ3n) is 4.64. The standard InChI is InChI=1S/C20H14N4O2S/c1-26-12-5-2-10(3-6-12)17-16-18(24-23-17)13-8-14(27-20(13)19(16)25)11-4-7-15(21)22-9-11/h2-9H,1H3,(H2,21,22)(H,23,24). The fraction of sp³-hybridized carbons (Fsp3) is 0.0500. The molecular formula is C20H14N4O2S. The van der Waals surface area contributed by atoms with Crippen molar-refractivity contribution < 1.29 is 9.53 Å². The summed E-state index contributed by atoms with van der Waals surface area (Å²) in [4.78, 5) is 18.9. The number of hydrogen-bond acceptors (Lipinski definition) is 6. The molecule has 132 valence electrons. The van der Waals surface area contributed by atoms with Gasteiger partial charge in [0.25, 0.3) is 0 Å². The number of aromatic amines is 1. The number of ketones is 1. The minimum atomic E-state index is -0.000720. The lowest BCUT2D eigenvalue weighted by atomic mass is 10.1. The summed E-state index contributed by atoms with van der Waals surface area (Å²) in [6, 6.07) is 13.2. The van der Waals surface area contributed by atoms with Crippen LogP contribution in [0.25, 0.3) is 33.0 Å². The first-order valence-corrected chi connectivity index (χ1v) is 9.11. The van der Waals surface area contributed by atoms with Gasteiger partial charge in [-0.2, -0.15) is 5.10 Å². The van der Waals surface area contributed by atoms with Crippen LogP contribution >= 0.6 is 11.3 Å². The van der Waals surface area contributed by atoms with E-state index in [0.717, 1.165) is 37.9 Å². The number of nitrogens with two attached hydrogens (primary N) is 1. The SMILES string of the molecule is COc1ccc(-c2n[nH]c3c2C(=O)c2sc(-c4ccc(N)nc4)cc2-3)cc1. The average molecular weight is 374 g/mol. The van der Waals surface area contributed by atoms with Gasteiger partial charge in [0.05, 0.1) is 23.2 Å². The van der Waals surface area contributed by atoms with Crippen LogP contribution in [0, 0.1) is 0 Å². The fourth-order valence-corrected chi connectivity index (χ4v) is 4.37. The quantitative estimate of drug-likeness (QED) is 0.498. The van der Waals surface area contributed by atoms with Crippen molar-refractivity contribution in [2.75, 3.05) is 12.8 Å². The van der Waals surface area contributed by atoms with Gasteiger partial charge in [0.15, 0.2) is 0 Å². The molecule has 3 aromatic heterocycles.